The monoisotopic (exact) mass is 539 g/mol. The van der Waals surface area contributed by atoms with Gasteiger partial charge in [-0.25, -0.2) is 18.4 Å². The van der Waals surface area contributed by atoms with Gasteiger partial charge in [-0.3, -0.25) is 0 Å². The third-order valence-corrected chi connectivity index (χ3v) is 7.50. The summed E-state index contributed by atoms with van der Waals surface area (Å²) >= 11 is 0. The van der Waals surface area contributed by atoms with Crippen molar-refractivity contribution in [1.82, 2.24) is 15.3 Å². The molecule has 1 aromatic heterocycles. The highest BCUT2D eigenvalue weighted by atomic mass is 32.2. The van der Waals surface area contributed by atoms with Crippen molar-refractivity contribution in [2.24, 2.45) is 5.73 Å². The van der Waals surface area contributed by atoms with Crippen LogP contribution in [0.25, 0.3) is 22.0 Å². The topological polar surface area (TPSA) is 119 Å². The molecule has 0 radical (unpaired) electrons. The summed E-state index contributed by atoms with van der Waals surface area (Å²) in [6, 6.07) is 31.6. The van der Waals surface area contributed by atoms with E-state index >= 15 is 0 Å². The number of fused-ring (bicyclic) bond motifs is 1. The molecule has 1 heterocycles. The number of hydrogen-bond donors (Lipinski definition) is 3. The first-order valence-electron chi connectivity index (χ1n) is 12.5. The highest BCUT2D eigenvalue weighted by Crippen LogP contribution is 2.29. The van der Waals surface area contributed by atoms with E-state index in [1.54, 1.807) is 6.33 Å². The summed E-state index contributed by atoms with van der Waals surface area (Å²) < 4.78 is 29.0. The molecule has 0 saturated carbocycles. The van der Waals surface area contributed by atoms with Gasteiger partial charge in [-0.2, -0.15) is 0 Å². The zero-order valence-corrected chi connectivity index (χ0v) is 22.1. The summed E-state index contributed by atoms with van der Waals surface area (Å²) in [6.45, 7) is 0.919. The van der Waals surface area contributed by atoms with Gasteiger partial charge in [-0.05, 0) is 71.3 Å². The minimum atomic E-state index is -3.19. The fourth-order valence-electron chi connectivity index (χ4n) is 4.11. The van der Waals surface area contributed by atoms with Crippen LogP contribution < -0.4 is 21.1 Å². The van der Waals surface area contributed by atoms with Crippen LogP contribution in [0.3, 0.4) is 0 Å². The van der Waals surface area contributed by atoms with Gasteiger partial charge >= 0.3 is 0 Å². The first-order chi connectivity index (χ1) is 19.0. The number of ether oxygens (including phenoxy) is 1. The summed E-state index contributed by atoms with van der Waals surface area (Å²) in [7, 11) is -3.19. The highest BCUT2D eigenvalue weighted by Gasteiger charge is 2.09. The van der Waals surface area contributed by atoms with Gasteiger partial charge in [0.1, 0.15) is 23.6 Å². The van der Waals surface area contributed by atoms with Crippen molar-refractivity contribution in [2.75, 3.05) is 23.5 Å². The number of nitrogens with two attached hydrogens (primary N) is 1. The van der Waals surface area contributed by atoms with Crippen LogP contribution in [0.4, 0.5) is 11.5 Å². The fraction of sp³-hybridized carbons (Fsp3) is 0.133. The minimum absolute atomic E-state index is 0.0234. The Bertz CT molecular complexity index is 1660. The van der Waals surface area contributed by atoms with Gasteiger partial charge in [-0.1, -0.05) is 42.5 Å². The highest BCUT2D eigenvalue weighted by molar-refractivity contribution is 7.91. The zero-order chi connectivity index (χ0) is 27.1. The molecule has 0 atom stereocenters. The number of nitrogens with zero attached hydrogens (tertiary/aromatic N) is 2. The van der Waals surface area contributed by atoms with E-state index in [0.717, 1.165) is 44.8 Å². The number of rotatable bonds is 11. The van der Waals surface area contributed by atoms with Crippen molar-refractivity contribution in [3.8, 4) is 22.6 Å². The molecule has 0 saturated heterocycles. The van der Waals surface area contributed by atoms with Crippen LogP contribution >= 0.6 is 0 Å². The number of sulfone groups is 1. The predicted octanol–water partition coefficient (Wildman–Crippen LogP) is 5.25. The SMILES string of the molecule is NCS(=O)(=O)CCNCc1cccc(-c2ccc3c(Nc4ccc(Oc5ccccc5)cc4)ncnc3c2)c1. The molecule has 39 heavy (non-hydrogen) atoms. The predicted molar refractivity (Wildman–Crippen MR) is 156 cm³/mol. The van der Waals surface area contributed by atoms with Gasteiger partial charge in [0.25, 0.3) is 0 Å². The Labute approximate surface area is 227 Å². The molecule has 0 aliphatic heterocycles. The Morgan fingerprint density at radius 2 is 1.56 bits per heavy atom. The third kappa shape index (κ3) is 6.97. The van der Waals surface area contributed by atoms with Crippen LogP contribution in [-0.2, 0) is 16.4 Å². The molecule has 4 N–H and O–H groups in total. The van der Waals surface area contributed by atoms with E-state index in [1.807, 2.05) is 91.0 Å². The van der Waals surface area contributed by atoms with E-state index in [1.165, 1.54) is 0 Å². The van der Waals surface area contributed by atoms with Gasteiger partial charge < -0.3 is 21.1 Å². The second kappa shape index (κ2) is 12.0. The summed E-state index contributed by atoms with van der Waals surface area (Å²) in [5, 5.41) is 7.47. The van der Waals surface area contributed by atoms with Crippen LogP contribution in [0.15, 0.2) is 103 Å². The molecule has 9 heteroatoms. The number of hydrogen-bond acceptors (Lipinski definition) is 8. The van der Waals surface area contributed by atoms with E-state index in [0.29, 0.717) is 18.9 Å². The summed E-state index contributed by atoms with van der Waals surface area (Å²) in [4.78, 5) is 8.96. The average molecular weight is 540 g/mol. The zero-order valence-electron chi connectivity index (χ0n) is 21.2. The summed E-state index contributed by atoms with van der Waals surface area (Å²) in [6.07, 6.45) is 1.55. The Morgan fingerprint density at radius 3 is 2.36 bits per heavy atom. The van der Waals surface area contributed by atoms with E-state index in [4.69, 9.17) is 10.5 Å². The lowest BCUT2D eigenvalue weighted by Crippen LogP contribution is -2.26. The maximum atomic E-state index is 11.6. The maximum Gasteiger partial charge on any atom is 0.164 e. The van der Waals surface area contributed by atoms with Crippen molar-refractivity contribution in [3.63, 3.8) is 0 Å². The second-order valence-electron chi connectivity index (χ2n) is 9.01. The van der Waals surface area contributed by atoms with Gasteiger partial charge in [0.2, 0.25) is 0 Å². The van der Waals surface area contributed by atoms with Crippen molar-refractivity contribution in [2.45, 2.75) is 6.54 Å². The molecule has 5 aromatic rings. The lowest BCUT2D eigenvalue weighted by atomic mass is 10.0. The Morgan fingerprint density at radius 1 is 0.795 bits per heavy atom. The largest absolute Gasteiger partial charge is 0.457 e. The Balaban J connectivity index is 1.27. The van der Waals surface area contributed by atoms with E-state index < -0.39 is 9.84 Å². The quantitative estimate of drug-likeness (QED) is 0.195. The van der Waals surface area contributed by atoms with E-state index in [9.17, 15) is 8.42 Å². The van der Waals surface area contributed by atoms with Gasteiger partial charge in [0.15, 0.2) is 9.84 Å². The van der Waals surface area contributed by atoms with Crippen LogP contribution in [0.2, 0.25) is 0 Å². The molecule has 0 bridgehead atoms. The van der Waals surface area contributed by atoms with Gasteiger partial charge in [-0.15, -0.1) is 0 Å². The third-order valence-electron chi connectivity index (χ3n) is 6.17. The second-order valence-corrected chi connectivity index (χ2v) is 11.2. The lowest BCUT2D eigenvalue weighted by Gasteiger charge is -2.11. The number of benzene rings is 4. The van der Waals surface area contributed by atoms with Crippen LogP contribution in [-0.4, -0.2) is 36.6 Å². The molecule has 0 spiro atoms. The summed E-state index contributed by atoms with van der Waals surface area (Å²) in [5.74, 6) is 1.95. The minimum Gasteiger partial charge on any atom is -0.457 e. The molecular formula is C30H29N5O3S. The molecule has 0 aliphatic rings. The molecule has 5 rings (SSSR count). The first kappa shape index (κ1) is 26.3. The smallest absolute Gasteiger partial charge is 0.164 e. The van der Waals surface area contributed by atoms with Crippen molar-refractivity contribution in [3.05, 3.63) is 109 Å². The van der Waals surface area contributed by atoms with E-state index in [2.05, 4.69) is 26.7 Å². The first-order valence-corrected chi connectivity index (χ1v) is 14.4. The molecule has 198 valence electrons. The van der Waals surface area contributed by atoms with Crippen molar-refractivity contribution in [1.29, 1.82) is 0 Å². The maximum absolute atomic E-state index is 11.6. The number of anilines is 2. The van der Waals surface area contributed by atoms with Gasteiger partial charge in [0.05, 0.1) is 17.1 Å². The Hall–Kier alpha value is -4.31. The average Bonchev–Trinajstić information content (AvgIpc) is 2.97. The molecule has 0 aliphatic carbocycles. The van der Waals surface area contributed by atoms with Gasteiger partial charge in [0, 0.05) is 24.2 Å². The van der Waals surface area contributed by atoms with E-state index in [-0.39, 0.29) is 11.6 Å². The lowest BCUT2D eigenvalue weighted by molar-refractivity contribution is 0.483. The normalized spacial score (nSPS) is 11.4. The molecule has 8 nitrogen and oxygen atoms in total. The number of para-hydroxylation sites is 1. The van der Waals surface area contributed by atoms with Crippen molar-refractivity contribution < 1.29 is 13.2 Å². The molecule has 4 aromatic carbocycles. The standard InChI is InChI=1S/C30H29N5O3S/c31-20-39(36,37)16-15-32-19-22-5-4-6-23(17-22)24-9-14-28-29(18-24)33-21-34-30(28)35-25-10-12-27(13-11-25)38-26-7-2-1-3-8-26/h1-14,17-18,21,32H,15-16,19-20,31H2,(H,33,34,35). The molecule has 0 amide bonds. The Kier molecular flexibility index (Phi) is 8.12. The molecule has 0 fully saturated rings. The van der Waals surface area contributed by atoms with Crippen LogP contribution in [0, 0.1) is 0 Å². The van der Waals surface area contributed by atoms with Crippen LogP contribution in [0.1, 0.15) is 5.56 Å². The van der Waals surface area contributed by atoms with Crippen LogP contribution in [0.5, 0.6) is 11.5 Å². The number of nitrogens with one attached hydrogen (secondary N) is 2. The molecular weight excluding hydrogens is 510 g/mol. The van der Waals surface area contributed by atoms with Crippen molar-refractivity contribution >= 4 is 32.2 Å². The summed E-state index contributed by atoms with van der Waals surface area (Å²) in [5.41, 5.74) is 10.1. The molecule has 0 unspecified atom stereocenters. The number of aromatic nitrogens is 2. The fourth-order valence-corrected chi connectivity index (χ4v) is 4.73.